The Hall–Kier alpha value is -2.29. The van der Waals surface area contributed by atoms with Crippen molar-refractivity contribution in [3.63, 3.8) is 0 Å². The Morgan fingerprint density at radius 3 is 2.18 bits per heavy atom. The highest BCUT2D eigenvalue weighted by Crippen LogP contribution is 2.34. The van der Waals surface area contributed by atoms with Crippen LogP contribution in [0, 0.1) is 27.7 Å². The average Bonchev–Trinajstić information content (AvgIpc) is 2.53. The summed E-state index contributed by atoms with van der Waals surface area (Å²) in [4.78, 5) is 11.4. The van der Waals surface area contributed by atoms with Crippen LogP contribution in [0.25, 0.3) is 11.1 Å². The van der Waals surface area contributed by atoms with Crippen molar-refractivity contribution in [2.45, 2.75) is 34.2 Å². The lowest BCUT2D eigenvalue weighted by atomic mass is 9.86. The van der Waals surface area contributed by atoms with Gasteiger partial charge in [-0.25, -0.2) is 4.79 Å². The second kappa shape index (κ2) is 6.65. The predicted octanol–water partition coefficient (Wildman–Crippen LogP) is 4.44. The number of alkyl carbamates (subject to hydrolysis) is 1. The molecule has 0 aliphatic heterocycles. The molecule has 3 heteroatoms. The van der Waals surface area contributed by atoms with Crippen molar-refractivity contribution in [1.29, 1.82) is 0 Å². The lowest BCUT2D eigenvalue weighted by molar-refractivity contribution is 0.170. The van der Waals surface area contributed by atoms with Crippen LogP contribution in [0.4, 0.5) is 4.79 Å². The molecule has 0 heterocycles. The van der Waals surface area contributed by atoms with Crippen LogP contribution in [0.15, 0.2) is 30.3 Å². The molecule has 1 amide bonds. The summed E-state index contributed by atoms with van der Waals surface area (Å²) >= 11 is 0. The third kappa shape index (κ3) is 2.98. The Morgan fingerprint density at radius 2 is 1.59 bits per heavy atom. The molecule has 2 aromatic carbocycles. The van der Waals surface area contributed by atoms with E-state index >= 15 is 0 Å². The molecule has 1 N–H and O–H groups in total. The Bertz CT molecular complexity index is 691. The van der Waals surface area contributed by atoms with E-state index in [1.807, 2.05) is 6.07 Å². The second-order valence-corrected chi connectivity index (χ2v) is 5.56. The third-order valence-corrected chi connectivity index (χ3v) is 4.44. The fourth-order valence-electron chi connectivity index (χ4n) is 2.94. The number of amides is 1. The van der Waals surface area contributed by atoms with Crippen molar-refractivity contribution in [1.82, 2.24) is 5.32 Å². The standard InChI is InChI=1S/C19H23NO2/c1-12-13(2)17(11-20-19(21)22-5)15(4)18(14(12)3)16-9-7-6-8-10-16/h6-10H,11H2,1-5H3,(H,20,21). The molecule has 3 nitrogen and oxygen atoms in total. The minimum atomic E-state index is -0.404. The zero-order chi connectivity index (χ0) is 16.3. The minimum absolute atomic E-state index is 0.404. The number of carbonyl (C=O) groups excluding carboxylic acids is 1. The summed E-state index contributed by atoms with van der Waals surface area (Å²) < 4.78 is 4.67. The van der Waals surface area contributed by atoms with Gasteiger partial charge in [0.1, 0.15) is 0 Å². The topological polar surface area (TPSA) is 38.3 Å². The summed E-state index contributed by atoms with van der Waals surface area (Å²) in [5, 5.41) is 2.79. The van der Waals surface area contributed by atoms with E-state index in [0.717, 1.165) is 5.56 Å². The first kappa shape index (κ1) is 16.1. The maximum absolute atomic E-state index is 11.4. The highest BCUT2D eigenvalue weighted by molar-refractivity contribution is 5.75. The molecule has 2 rings (SSSR count). The number of nitrogens with one attached hydrogen (secondary N) is 1. The van der Waals surface area contributed by atoms with Gasteiger partial charge in [0.25, 0.3) is 0 Å². The van der Waals surface area contributed by atoms with Gasteiger partial charge in [0.05, 0.1) is 7.11 Å². The van der Waals surface area contributed by atoms with Gasteiger partial charge < -0.3 is 10.1 Å². The summed E-state index contributed by atoms with van der Waals surface area (Å²) in [5.41, 5.74) is 8.63. The van der Waals surface area contributed by atoms with E-state index in [4.69, 9.17) is 0 Å². The molecule has 0 bridgehead atoms. The van der Waals surface area contributed by atoms with E-state index in [0.29, 0.717) is 6.54 Å². The molecular weight excluding hydrogens is 274 g/mol. The molecule has 22 heavy (non-hydrogen) atoms. The molecule has 0 radical (unpaired) electrons. The molecule has 0 unspecified atom stereocenters. The van der Waals surface area contributed by atoms with Crippen molar-refractivity contribution in [3.05, 3.63) is 58.1 Å². The Morgan fingerprint density at radius 1 is 0.955 bits per heavy atom. The van der Waals surface area contributed by atoms with Gasteiger partial charge in [-0.1, -0.05) is 30.3 Å². The van der Waals surface area contributed by atoms with Crippen molar-refractivity contribution >= 4 is 6.09 Å². The van der Waals surface area contributed by atoms with Crippen molar-refractivity contribution in [3.8, 4) is 11.1 Å². The van der Waals surface area contributed by atoms with Crippen LogP contribution in [0.5, 0.6) is 0 Å². The van der Waals surface area contributed by atoms with Crippen LogP contribution >= 0.6 is 0 Å². The van der Waals surface area contributed by atoms with Gasteiger partial charge in [-0.2, -0.15) is 0 Å². The molecule has 0 saturated heterocycles. The largest absolute Gasteiger partial charge is 0.453 e. The first-order valence-electron chi connectivity index (χ1n) is 7.43. The van der Waals surface area contributed by atoms with Gasteiger partial charge in [0, 0.05) is 6.54 Å². The Labute approximate surface area is 132 Å². The minimum Gasteiger partial charge on any atom is -0.453 e. The summed E-state index contributed by atoms with van der Waals surface area (Å²) in [6.45, 7) is 9.01. The SMILES string of the molecule is COC(=O)NCc1c(C)c(C)c(C)c(-c2ccccc2)c1C. The van der Waals surface area contributed by atoms with Crippen LogP contribution in [0.3, 0.4) is 0 Å². The number of methoxy groups -OCH3 is 1. The highest BCUT2D eigenvalue weighted by atomic mass is 16.5. The predicted molar refractivity (Wildman–Crippen MR) is 90.1 cm³/mol. The molecule has 0 saturated carbocycles. The van der Waals surface area contributed by atoms with Gasteiger partial charge in [-0.05, 0) is 66.6 Å². The third-order valence-electron chi connectivity index (χ3n) is 4.44. The first-order chi connectivity index (χ1) is 10.5. The number of rotatable bonds is 3. The summed E-state index contributed by atoms with van der Waals surface area (Å²) in [5.74, 6) is 0. The lowest BCUT2D eigenvalue weighted by Crippen LogP contribution is -2.23. The Balaban J connectivity index is 2.56. The number of hydrogen-bond acceptors (Lipinski definition) is 2. The monoisotopic (exact) mass is 297 g/mol. The molecule has 0 spiro atoms. The van der Waals surface area contributed by atoms with E-state index in [1.165, 1.54) is 40.5 Å². The average molecular weight is 297 g/mol. The van der Waals surface area contributed by atoms with Crippen molar-refractivity contribution in [2.24, 2.45) is 0 Å². The summed E-state index contributed by atoms with van der Waals surface area (Å²) in [6, 6.07) is 10.4. The van der Waals surface area contributed by atoms with E-state index in [9.17, 15) is 4.79 Å². The number of hydrogen-bond donors (Lipinski definition) is 1. The summed E-state index contributed by atoms with van der Waals surface area (Å²) in [7, 11) is 1.38. The van der Waals surface area contributed by atoms with Crippen LogP contribution in [0.1, 0.15) is 27.8 Å². The smallest absolute Gasteiger partial charge is 0.407 e. The van der Waals surface area contributed by atoms with Crippen LogP contribution < -0.4 is 5.32 Å². The van der Waals surface area contributed by atoms with Crippen LogP contribution in [-0.2, 0) is 11.3 Å². The lowest BCUT2D eigenvalue weighted by Gasteiger charge is -2.21. The molecule has 0 fully saturated rings. The fraction of sp³-hybridized carbons (Fsp3) is 0.316. The quantitative estimate of drug-likeness (QED) is 0.909. The van der Waals surface area contributed by atoms with Gasteiger partial charge in [-0.15, -0.1) is 0 Å². The van der Waals surface area contributed by atoms with Crippen molar-refractivity contribution < 1.29 is 9.53 Å². The van der Waals surface area contributed by atoms with E-state index in [2.05, 4.69) is 62.0 Å². The van der Waals surface area contributed by atoms with Crippen molar-refractivity contribution in [2.75, 3.05) is 7.11 Å². The number of carbonyl (C=O) groups is 1. The molecule has 0 atom stereocenters. The Kier molecular flexibility index (Phi) is 4.86. The van der Waals surface area contributed by atoms with Gasteiger partial charge in [0.2, 0.25) is 0 Å². The second-order valence-electron chi connectivity index (χ2n) is 5.56. The molecule has 0 aliphatic rings. The zero-order valence-electron chi connectivity index (χ0n) is 13.9. The molecule has 0 aliphatic carbocycles. The maximum Gasteiger partial charge on any atom is 0.407 e. The van der Waals surface area contributed by atoms with Gasteiger partial charge >= 0.3 is 6.09 Å². The molecular formula is C19H23NO2. The number of benzene rings is 2. The van der Waals surface area contributed by atoms with Crippen LogP contribution in [-0.4, -0.2) is 13.2 Å². The first-order valence-corrected chi connectivity index (χ1v) is 7.43. The fourth-order valence-corrected chi connectivity index (χ4v) is 2.94. The zero-order valence-corrected chi connectivity index (χ0v) is 13.9. The van der Waals surface area contributed by atoms with E-state index in [-0.39, 0.29) is 0 Å². The van der Waals surface area contributed by atoms with E-state index in [1.54, 1.807) is 0 Å². The maximum atomic E-state index is 11.4. The highest BCUT2D eigenvalue weighted by Gasteiger charge is 2.16. The van der Waals surface area contributed by atoms with Gasteiger partial charge in [-0.3, -0.25) is 0 Å². The normalized spacial score (nSPS) is 10.4. The van der Waals surface area contributed by atoms with E-state index < -0.39 is 6.09 Å². The molecule has 2 aromatic rings. The number of ether oxygens (including phenoxy) is 1. The van der Waals surface area contributed by atoms with Crippen LogP contribution in [0.2, 0.25) is 0 Å². The van der Waals surface area contributed by atoms with Gasteiger partial charge in [0.15, 0.2) is 0 Å². The molecule has 0 aromatic heterocycles. The molecule has 116 valence electrons. The summed E-state index contributed by atoms with van der Waals surface area (Å²) in [6.07, 6.45) is -0.404.